The van der Waals surface area contributed by atoms with Crippen molar-refractivity contribution < 1.29 is 38.1 Å². The van der Waals surface area contributed by atoms with Gasteiger partial charge in [-0.1, -0.05) is 27.7 Å². The lowest BCUT2D eigenvalue weighted by Crippen LogP contribution is -2.28. The molecule has 2 amide bonds. The molecular weight excluding hydrogens is 556 g/mol. The molecule has 0 aliphatic heterocycles. The number of anilines is 2. The van der Waals surface area contributed by atoms with Crippen LogP contribution in [0.3, 0.4) is 0 Å². The highest BCUT2D eigenvalue weighted by Crippen LogP contribution is 2.13. The minimum atomic E-state index is -0.745. The summed E-state index contributed by atoms with van der Waals surface area (Å²) in [6.07, 6.45) is -2.23. The van der Waals surface area contributed by atoms with E-state index < -0.39 is 30.2 Å². The molecule has 0 aromatic heterocycles. The van der Waals surface area contributed by atoms with E-state index in [-0.39, 0.29) is 6.61 Å². The van der Waals surface area contributed by atoms with Gasteiger partial charge in [0, 0.05) is 24.5 Å². The topological polar surface area (TPSA) is 136 Å². The fourth-order valence-electron chi connectivity index (χ4n) is 3.87. The number of hydrogen-bond acceptors (Lipinski definition) is 10. The number of benzene rings is 2. The van der Waals surface area contributed by atoms with Gasteiger partial charge in [0.15, 0.2) is 0 Å². The Kier molecular flexibility index (Phi) is 15.6. The molecule has 12 heteroatoms. The van der Waals surface area contributed by atoms with E-state index in [1.807, 2.05) is 27.7 Å². The molecule has 0 fully saturated rings. The van der Waals surface area contributed by atoms with Gasteiger partial charge in [0.2, 0.25) is 0 Å². The third-order valence-corrected chi connectivity index (χ3v) is 6.56. The van der Waals surface area contributed by atoms with Gasteiger partial charge in [-0.2, -0.15) is 0 Å². The van der Waals surface area contributed by atoms with Gasteiger partial charge < -0.3 is 28.7 Å². The first-order valence-electron chi connectivity index (χ1n) is 14.6. The molecule has 1 atom stereocenters. The smallest absolute Gasteiger partial charge is 0.412 e. The minimum absolute atomic E-state index is 0.186. The molecule has 0 heterocycles. The van der Waals surface area contributed by atoms with Crippen molar-refractivity contribution in [3.63, 3.8) is 0 Å². The molecule has 0 bridgehead atoms. The van der Waals surface area contributed by atoms with E-state index >= 15 is 0 Å². The molecule has 2 N–H and O–H groups in total. The van der Waals surface area contributed by atoms with Gasteiger partial charge in [0.05, 0.1) is 11.1 Å². The first kappa shape index (κ1) is 35.0. The molecular formula is C31H44N4O8. The van der Waals surface area contributed by atoms with E-state index in [9.17, 15) is 19.2 Å². The van der Waals surface area contributed by atoms with Crippen LogP contribution in [0, 0.1) is 0 Å². The van der Waals surface area contributed by atoms with E-state index in [0.717, 1.165) is 26.2 Å². The Balaban J connectivity index is 1.69. The predicted octanol–water partition coefficient (Wildman–Crippen LogP) is 4.87. The Morgan fingerprint density at radius 2 is 1.02 bits per heavy atom. The lowest BCUT2D eigenvalue weighted by Gasteiger charge is -2.17. The lowest BCUT2D eigenvalue weighted by atomic mass is 10.2. The lowest BCUT2D eigenvalue weighted by molar-refractivity contribution is 0.0457. The van der Waals surface area contributed by atoms with E-state index in [1.54, 1.807) is 55.5 Å². The highest BCUT2D eigenvalue weighted by Gasteiger charge is 2.15. The number of likely N-dealkylation sites (N-methyl/N-ethyl adjacent to an activating group) is 2. The maximum absolute atomic E-state index is 12.2. The van der Waals surface area contributed by atoms with Crippen molar-refractivity contribution in [1.29, 1.82) is 0 Å². The number of nitrogens with one attached hydrogen (secondary N) is 2. The second-order valence-corrected chi connectivity index (χ2v) is 9.54. The van der Waals surface area contributed by atoms with E-state index in [4.69, 9.17) is 18.9 Å². The summed E-state index contributed by atoms with van der Waals surface area (Å²) in [7, 11) is 0. The molecule has 2 aromatic carbocycles. The zero-order valence-electron chi connectivity index (χ0n) is 25.7. The van der Waals surface area contributed by atoms with Crippen LogP contribution in [0.5, 0.6) is 0 Å². The highest BCUT2D eigenvalue weighted by atomic mass is 16.6. The number of carbonyl (C=O) groups is 4. The zero-order chi connectivity index (χ0) is 31.6. The SMILES string of the molecule is CCN(CC)CCOC(=O)c1ccc(NC(=O)OCC(C)OC(=O)Nc2ccc(C(=O)OCCN(CC)CC)cc2)cc1. The van der Waals surface area contributed by atoms with Crippen LogP contribution in [-0.4, -0.2) is 99.1 Å². The van der Waals surface area contributed by atoms with Crippen molar-refractivity contribution in [2.45, 2.75) is 40.7 Å². The molecule has 0 saturated heterocycles. The van der Waals surface area contributed by atoms with Crippen LogP contribution in [0.2, 0.25) is 0 Å². The van der Waals surface area contributed by atoms with Crippen LogP contribution < -0.4 is 10.6 Å². The molecule has 0 aliphatic rings. The Morgan fingerprint density at radius 1 is 0.628 bits per heavy atom. The number of rotatable bonds is 17. The number of esters is 2. The van der Waals surface area contributed by atoms with Crippen LogP contribution in [0.15, 0.2) is 48.5 Å². The number of nitrogens with zero attached hydrogens (tertiary/aromatic N) is 2. The Labute approximate surface area is 253 Å². The van der Waals surface area contributed by atoms with Gasteiger partial charge in [-0.3, -0.25) is 10.6 Å². The van der Waals surface area contributed by atoms with Gasteiger partial charge in [0.25, 0.3) is 0 Å². The molecule has 236 valence electrons. The van der Waals surface area contributed by atoms with E-state index in [0.29, 0.717) is 48.8 Å². The third kappa shape index (κ3) is 13.1. The molecule has 0 spiro atoms. The second kappa shape index (κ2) is 19.1. The monoisotopic (exact) mass is 600 g/mol. The first-order valence-corrected chi connectivity index (χ1v) is 14.6. The fourth-order valence-corrected chi connectivity index (χ4v) is 3.87. The van der Waals surface area contributed by atoms with Gasteiger partial charge >= 0.3 is 24.1 Å². The molecule has 0 saturated carbocycles. The van der Waals surface area contributed by atoms with Crippen molar-refractivity contribution in [2.24, 2.45) is 0 Å². The van der Waals surface area contributed by atoms with Crippen LogP contribution in [-0.2, 0) is 18.9 Å². The Bertz CT molecular complexity index is 1150. The van der Waals surface area contributed by atoms with Gasteiger partial charge in [0.1, 0.15) is 25.9 Å². The number of hydrogen-bond donors (Lipinski definition) is 2. The highest BCUT2D eigenvalue weighted by molar-refractivity contribution is 5.92. The van der Waals surface area contributed by atoms with E-state index in [2.05, 4.69) is 20.4 Å². The maximum Gasteiger partial charge on any atom is 0.412 e. The van der Waals surface area contributed by atoms with Crippen LogP contribution in [0.1, 0.15) is 55.3 Å². The summed E-state index contributed by atoms with van der Waals surface area (Å²) in [6.45, 7) is 15.0. The largest absolute Gasteiger partial charge is 0.461 e. The first-order chi connectivity index (χ1) is 20.7. The van der Waals surface area contributed by atoms with Crippen molar-refractivity contribution in [1.82, 2.24) is 9.80 Å². The molecule has 12 nitrogen and oxygen atoms in total. The van der Waals surface area contributed by atoms with Gasteiger partial charge in [-0.05, 0) is 81.6 Å². The predicted molar refractivity (Wildman–Crippen MR) is 164 cm³/mol. The van der Waals surface area contributed by atoms with Crippen LogP contribution >= 0.6 is 0 Å². The molecule has 0 aliphatic carbocycles. The standard InChI is InChI=1S/C31H44N4O8/c1-6-34(7-2)18-20-40-28(36)24-10-14-26(15-11-24)32-30(38)42-22-23(5)43-31(39)33-27-16-12-25(13-17-27)29(37)41-21-19-35(8-3)9-4/h10-17,23H,6-9,18-22H2,1-5H3,(H,32,38)(H,33,39). The normalized spacial score (nSPS) is 11.5. The summed E-state index contributed by atoms with van der Waals surface area (Å²) < 4.78 is 21.0. The minimum Gasteiger partial charge on any atom is -0.461 e. The van der Waals surface area contributed by atoms with Crippen molar-refractivity contribution in [3.8, 4) is 0 Å². The molecule has 2 rings (SSSR count). The summed E-state index contributed by atoms with van der Waals surface area (Å²) in [5.74, 6) is -0.879. The average Bonchev–Trinajstić information content (AvgIpc) is 3.01. The molecule has 43 heavy (non-hydrogen) atoms. The van der Waals surface area contributed by atoms with Crippen molar-refractivity contribution in [2.75, 3.05) is 69.7 Å². The fraction of sp³-hybridized carbons (Fsp3) is 0.484. The quantitative estimate of drug-likeness (QED) is 0.191. The summed E-state index contributed by atoms with van der Waals surface area (Å²) in [5, 5.41) is 5.11. The maximum atomic E-state index is 12.2. The second-order valence-electron chi connectivity index (χ2n) is 9.54. The van der Waals surface area contributed by atoms with Crippen LogP contribution in [0.25, 0.3) is 0 Å². The summed E-state index contributed by atoms with van der Waals surface area (Å²) in [6, 6.07) is 12.5. The number of ether oxygens (including phenoxy) is 4. The molecule has 1 unspecified atom stereocenters. The van der Waals surface area contributed by atoms with E-state index in [1.165, 1.54) is 0 Å². The Morgan fingerprint density at radius 3 is 1.42 bits per heavy atom. The summed E-state index contributed by atoms with van der Waals surface area (Å²) in [5.41, 5.74) is 1.58. The van der Waals surface area contributed by atoms with Crippen LogP contribution in [0.4, 0.5) is 21.0 Å². The molecule has 0 radical (unpaired) electrons. The third-order valence-electron chi connectivity index (χ3n) is 6.56. The average molecular weight is 601 g/mol. The van der Waals surface area contributed by atoms with Crippen molar-refractivity contribution >= 4 is 35.5 Å². The summed E-state index contributed by atoms with van der Waals surface area (Å²) in [4.78, 5) is 53.1. The van der Waals surface area contributed by atoms with Gasteiger partial charge in [-0.25, -0.2) is 19.2 Å². The zero-order valence-corrected chi connectivity index (χ0v) is 25.7. The Hall–Kier alpha value is -4.16. The van der Waals surface area contributed by atoms with Crippen molar-refractivity contribution in [3.05, 3.63) is 59.7 Å². The number of amides is 2. The number of carbonyl (C=O) groups excluding carboxylic acids is 4. The molecule has 2 aromatic rings. The summed E-state index contributed by atoms with van der Waals surface area (Å²) >= 11 is 0. The van der Waals surface area contributed by atoms with Gasteiger partial charge in [-0.15, -0.1) is 0 Å².